The van der Waals surface area contributed by atoms with Crippen LogP contribution in [0.3, 0.4) is 0 Å². The van der Waals surface area contributed by atoms with E-state index in [4.69, 9.17) is 0 Å². The third kappa shape index (κ3) is 2.99. The Labute approximate surface area is 97.1 Å². The average molecular weight is 282 g/mol. The molecule has 0 aromatic carbocycles. The van der Waals surface area contributed by atoms with Crippen LogP contribution in [0.1, 0.15) is 20.3 Å². The predicted molar refractivity (Wildman–Crippen MR) is 45.4 cm³/mol. The summed E-state index contributed by atoms with van der Waals surface area (Å²) in [4.78, 5) is 21.2. The SMILES string of the molecule is CC(C)(C=O)CC(=O)C(F)(F)C(F)(F)C(F)(F)F. The zero-order valence-electron chi connectivity index (χ0n) is 9.25. The van der Waals surface area contributed by atoms with Gasteiger partial charge in [-0.25, -0.2) is 0 Å². The lowest BCUT2D eigenvalue weighted by Crippen LogP contribution is -2.56. The van der Waals surface area contributed by atoms with Crippen molar-refractivity contribution in [3.8, 4) is 0 Å². The summed E-state index contributed by atoms with van der Waals surface area (Å²) >= 11 is 0. The lowest BCUT2D eigenvalue weighted by atomic mass is 9.86. The summed E-state index contributed by atoms with van der Waals surface area (Å²) in [5.41, 5.74) is -1.75. The van der Waals surface area contributed by atoms with Crippen LogP contribution in [0, 0.1) is 5.41 Å². The molecule has 0 fully saturated rings. The third-order valence-corrected chi connectivity index (χ3v) is 2.04. The molecule has 0 saturated heterocycles. The average Bonchev–Trinajstić information content (AvgIpc) is 2.15. The van der Waals surface area contributed by atoms with Gasteiger partial charge in [-0.15, -0.1) is 0 Å². The van der Waals surface area contributed by atoms with E-state index in [1.54, 1.807) is 0 Å². The van der Waals surface area contributed by atoms with Crippen LogP contribution in [0.25, 0.3) is 0 Å². The molecule has 0 aliphatic rings. The Morgan fingerprint density at radius 1 is 1.00 bits per heavy atom. The summed E-state index contributed by atoms with van der Waals surface area (Å²) in [5.74, 6) is -15.0. The monoisotopic (exact) mass is 282 g/mol. The standard InChI is InChI=1S/C9H9F7O2/c1-6(2,4-17)3-5(18)7(10,11)8(12,13)9(14,15)16/h4H,3H2,1-2H3. The second kappa shape index (κ2) is 4.51. The van der Waals surface area contributed by atoms with E-state index in [9.17, 15) is 40.3 Å². The Kier molecular flexibility index (Phi) is 4.22. The minimum Gasteiger partial charge on any atom is -0.303 e. The number of Topliss-reactive ketones (excluding diaryl/α,β-unsaturated/α-hetero) is 1. The van der Waals surface area contributed by atoms with Gasteiger partial charge >= 0.3 is 18.0 Å². The molecule has 0 saturated carbocycles. The molecular weight excluding hydrogens is 273 g/mol. The van der Waals surface area contributed by atoms with Crippen molar-refractivity contribution in [3.63, 3.8) is 0 Å². The maximum atomic E-state index is 12.8. The Morgan fingerprint density at radius 2 is 1.39 bits per heavy atom. The van der Waals surface area contributed by atoms with Gasteiger partial charge in [0.1, 0.15) is 6.29 Å². The van der Waals surface area contributed by atoms with Crippen LogP contribution in [0.5, 0.6) is 0 Å². The highest BCUT2D eigenvalue weighted by Crippen LogP contribution is 2.47. The molecule has 0 radical (unpaired) electrons. The number of carbonyl (C=O) groups is 2. The van der Waals surface area contributed by atoms with Gasteiger partial charge in [0.25, 0.3) is 0 Å². The molecule has 0 aromatic heterocycles. The van der Waals surface area contributed by atoms with Gasteiger partial charge in [-0.1, -0.05) is 13.8 Å². The van der Waals surface area contributed by atoms with E-state index in [0.717, 1.165) is 13.8 Å². The lowest BCUT2D eigenvalue weighted by molar-refractivity contribution is -0.343. The van der Waals surface area contributed by atoms with Crippen molar-refractivity contribution in [2.45, 2.75) is 38.3 Å². The summed E-state index contributed by atoms with van der Waals surface area (Å²) in [6.45, 7) is 1.92. The summed E-state index contributed by atoms with van der Waals surface area (Å²) in [6.07, 6.45) is -7.96. The number of carbonyl (C=O) groups excluding carboxylic acids is 2. The maximum Gasteiger partial charge on any atom is 0.460 e. The van der Waals surface area contributed by atoms with Crippen LogP contribution in [-0.4, -0.2) is 30.1 Å². The van der Waals surface area contributed by atoms with Gasteiger partial charge in [0, 0.05) is 11.8 Å². The van der Waals surface area contributed by atoms with Crippen molar-refractivity contribution < 1.29 is 40.3 Å². The molecule has 0 unspecified atom stereocenters. The molecule has 0 spiro atoms. The Morgan fingerprint density at radius 3 is 1.67 bits per heavy atom. The summed E-state index contributed by atoms with van der Waals surface area (Å²) < 4.78 is 85.8. The van der Waals surface area contributed by atoms with Crippen molar-refractivity contribution in [2.75, 3.05) is 0 Å². The molecule has 106 valence electrons. The van der Waals surface area contributed by atoms with Crippen LogP contribution >= 0.6 is 0 Å². The molecule has 9 heteroatoms. The molecule has 0 bridgehead atoms. The number of ketones is 1. The first-order valence-electron chi connectivity index (χ1n) is 4.51. The first-order chi connectivity index (χ1) is 7.69. The van der Waals surface area contributed by atoms with Crippen LogP contribution in [-0.2, 0) is 9.59 Å². The topological polar surface area (TPSA) is 34.1 Å². The highest BCUT2D eigenvalue weighted by Gasteiger charge is 2.75. The van der Waals surface area contributed by atoms with E-state index in [1.165, 1.54) is 0 Å². The second-order valence-electron chi connectivity index (χ2n) is 4.35. The van der Waals surface area contributed by atoms with Crippen LogP contribution in [0.2, 0.25) is 0 Å². The van der Waals surface area contributed by atoms with E-state index < -0.39 is 35.6 Å². The quantitative estimate of drug-likeness (QED) is 0.574. The number of aldehydes is 1. The Bertz CT molecular complexity index is 343. The van der Waals surface area contributed by atoms with Gasteiger partial charge in [-0.3, -0.25) is 4.79 Å². The molecule has 18 heavy (non-hydrogen) atoms. The molecule has 0 N–H and O–H groups in total. The second-order valence-corrected chi connectivity index (χ2v) is 4.35. The molecule has 0 aliphatic carbocycles. The summed E-state index contributed by atoms with van der Waals surface area (Å²) in [7, 11) is 0. The van der Waals surface area contributed by atoms with Gasteiger partial charge in [-0.05, 0) is 0 Å². The van der Waals surface area contributed by atoms with E-state index in [-0.39, 0.29) is 6.29 Å². The molecule has 0 rings (SSSR count). The number of rotatable bonds is 5. The van der Waals surface area contributed by atoms with Crippen molar-refractivity contribution in [2.24, 2.45) is 5.41 Å². The van der Waals surface area contributed by atoms with Gasteiger partial charge in [-0.2, -0.15) is 30.7 Å². The zero-order valence-corrected chi connectivity index (χ0v) is 9.25. The van der Waals surface area contributed by atoms with E-state index in [0.29, 0.717) is 0 Å². The number of halogens is 7. The third-order valence-electron chi connectivity index (χ3n) is 2.04. The van der Waals surface area contributed by atoms with E-state index >= 15 is 0 Å². The Balaban J connectivity index is 5.29. The minimum atomic E-state index is -6.56. The van der Waals surface area contributed by atoms with Crippen molar-refractivity contribution >= 4 is 12.1 Å². The number of hydrogen-bond donors (Lipinski definition) is 0. The van der Waals surface area contributed by atoms with Gasteiger partial charge < -0.3 is 4.79 Å². The Hall–Kier alpha value is -1.15. The molecule has 0 aliphatic heterocycles. The smallest absolute Gasteiger partial charge is 0.303 e. The number of alkyl halides is 7. The lowest BCUT2D eigenvalue weighted by Gasteiger charge is -2.28. The fraction of sp³-hybridized carbons (Fsp3) is 0.778. The van der Waals surface area contributed by atoms with Gasteiger partial charge in [0.15, 0.2) is 0 Å². The first kappa shape index (κ1) is 16.9. The van der Waals surface area contributed by atoms with Gasteiger partial charge in [0.2, 0.25) is 5.78 Å². The van der Waals surface area contributed by atoms with Crippen molar-refractivity contribution in [1.82, 2.24) is 0 Å². The van der Waals surface area contributed by atoms with Crippen LogP contribution < -0.4 is 0 Å². The molecule has 0 amide bonds. The summed E-state index contributed by atoms with van der Waals surface area (Å²) in [6, 6.07) is 0. The normalized spacial score (nSPS) is 14.5. The van der Waals surface area contributed by atoms with Crippen molar-refractivity contribution in [1.29, 1.82) is 0 Å². The fourth-order valence-electron chi connectivity index (χ4n) is 0.920. The van der Waals surface area contributed by atoms with E-state index in [1.807, 2.05) is 0 Å². The van der Waals surface area contributed by atoms with Crippen LogP contribution in [0.4, 0.5) is 30.7 Å². The largest absolute Gasteiger partial charge is 0.460 e. The minimum absolute atomic E-state index is 0.0205. The summed E-state index contributed by atoms with van der Waals surface area (Å²) in [5, 5.41) is 0. The molecule has 2 nitrogen and oxygen atoms in total. The van der Waals surface area contributed by atoms with Crippen molar-refractivity contribution in [3.05, 3.63) is 0 Å². The number of hydrogen-bond acceptors (Lipinski definition) is 2. The molecular formula is C9H9F7O2. The fourth-order valence-corrected chi connectivity index (χ4v) is 0.920. The first-order valence-corrected chi connectivity index (χ1v) is 4.51. The molecule has 0 heterocycles. The van der Waals surface area contributed by atoms with Gasteiger partial charge in [0.05, 0.1) is 0 Å². The predicted octanol–water partition coefficient (Wildman–Crippen LogP) is 3.00. The molecule has 0 atom stereocenters. The highest BCUT2D eigenvalue weighted by atomic mass is 19.4. The van der Waals surface area contributed by atoms with Crippen LogP contribution in [0.15, 0.2) is 0 Å². The molecule has 0 aromatic rings. The highest BCUT2D eigenvalue weighted by molar-refractivity contribution is 5.89. The van der Waals surface area contributed by atoms with E-state index in [2.05, 4.69) is 0 Å². The zero-order chi connectivity index (χ0) is 15.0. The maximum absolute atomic E-state index is 12.8.